The SMILES string of the molecule is CC(SCCCC(=O)O)C1C2CCC(O2)C1C=O. The van der Waals surface area contributed by atoms with E-state index >= 15 is 0 Å². The second kappa shape index (κ2) is 6.06. The van der Waals surface area contributed by atoms with Crippen LogP contribution in [0.1, 0.15) is 32.6 Å². The average molecular weight is 272 g/mol. The lowest BCUT2D eigenvalue weighted by Gasteiger charge is -2.29. The molecule has 0 aliphatic carbocycles. The molecule has 0 saturated carbocycles. The Balaban J connectivity index is 1.79. The molecule has 5 heteroatoms. The summed E-state index contributed by atoms with van der Waals surface area (Å²) < 4.78 is 5.82. The summed E-state index contributed by atoms with van der Waals surface area (Å²) in [5.41, 5.74) is 0. The molecule has 1 N–H and O–H groups in total. The Bertz CT molecular complexity index is 320. The fraction of sp³-hybridized carbons (Fsp3) is 0.846. The third-order valence-electron chi connectivity index (χ3n) is 4.00. The summed E-state index contributed by atoms with van der Waals surface area (Å²) in [6.07, 6.45) is 4.44. The number of hydrogen-bond donors (Lipinski definition) is 1. The highest BCUT2D eigenvalue weighted by Gasteiger charge is 2.50. The largest absolute Gasteiger partial charge is 0.481 e. The fourth-order valence-corrected chi connectivity index (χ4v) is 4.41. The Kier molecular flexibility index (Phi) is 4.67. The molecule has 2 aliphatic heterocycles. The quantitative estimate of drug-likeness (QED) is 0.567. The standard InChI is InChI=1S/C13H20O4S/c1-8(18-6-2-3-12(15)16)13-9(7-14)10-4-5-11(13)17-10/h7-11,13H,2-6H2,1H3,(H,15,16). The number of thioether (sulfide) groups is 1. The predicted octanol–water partition coefficient (Wildman–Crippen LogP) is 1.97. The smallest absolute Gasteiger partial charge is 0.303 e. The summed E-state index contributed by atoms with van der Waals surface area (Å²) in [7, 11) is 0. The van der Waals surface area contributed by atoms with Gasteiger partial charge in [-0.2, -0.15) is 11.8 Å². The maximum absolute atomic E-state index is 11.2. The van der Waals surface area contributed by atoms with Gasteiger partial charge in [-0.15, -0.1) is 0 Å². The van der Waals surface area contributed by atoms with E-state index in [0.717, 1.165) is 24.9 Å². The monoisotopic (exact) mass is 272 g/mol. The number of carbonyl (C=O) groups excluding carboxylic acids is 1. The van der Waals surface area contributed by atoms with E-state index in [1.54, 1.807) is 11.8 Å². The first-order valence-corrected chi connectivity index (χ1v) is 7.62. The maximum atomic E-state index is 11.2. The number of carboxylic acids is 1. The molecule has 2 heterocycles. The van der Waals surface area contributed by atoms with Crippen LogP contribution in [0, 0.1) is 11.8 Å². The third-order valence-corrected chi connectivity index (χ3v) is 5.37. The van der Waals surface area contributed by atoms with Crippen molar-refractivity contribution >= 4 is 24.0 Å². The molecule has 4 nitrogen and oxygen atoms in total. The summed E-state index contributed by atoms with van der Waals surface area (Å²) in [6.45, 7) is 2.14. The van der Waals surface area contributed by atoms with Gasteiger partial charge in [0.15, 0.2) is 0 Å². The van der Waals surface area contributed by atoms with Crippen molar-refractivity contribution in [2.24, 2.45) is 11.8 Å². The third kappa shape index (κ3) is 2.88. The predicted molar refractivity (Wildman–Crippen MR) is 69.7 cm³/mol. The molecule has 18 heavy (non-hydrogen) atoms. The molecule has 5 unspecified atom stereocenters. The van der Waals surface area contributed by atoms with Gasteiger partial charge in [0.25, 0.3) is 0 Å². The van der Waals surface area contributed by atoms with Gasteiger partial charge in [-0.3, -0.25) is 4.79 Å². The molecular formula is C13H20O4S. The normalized spacial score (nSPS) is 35.6. The van der Waals surface area contributed by atoms with Crippen LogP contribution in [-0.2, 0) is 14.3 Å². The summed E-state index contributed by atoms with van der Waals surface area (Å²) in [5.74, 6) is 0.464. The topological polar surface area (TPSA) is 63.6 Å². The zero-order valence-electron chi connectivity index (χ0n) is 10.6. The Morgan fingerprint density at radius 1 is 1.50 bits per heavy atom. The van der Waals surface area contributed by atoms with Crippen LogP contribution in [0.2, 0.25) is 0 Å². The lowest BCUT2D eigenvalue weighted by molar-refractivity contribution is -0.137. The molecule has 0 radical (unpaired) electrons. The molecule has 2 bridgehead atoms. The Morgan fingerprint density at radius 2 is 2.22 bits per heavy atom. The van der Waals surface area contributed by atoms with Gasteiger partial charge in [0, 0.05) is 23.5 Å². The molecule has 0 aromatic carbocycles. The molecule has 0 aromatic heterocycles. The second-order valence-corrected chi connectivity index (χ2v) is 6.64. The number of carboxylic acid groups (broad SMARTS) is 1. The second-order valence-electron chi connectivity index (χ2n) is 5.15. The molecule has 0 amide bonds. The van der Waals surface area contributed by atoms with Crippen LogP contribution < -0.4 is 0 Å². The van der Waals surface area contributed by atoms with Crippen molar-refractivity contribution < 1.29 is 19.4 Å². The Morgan fingerprint density at radius 3 is 2.89 bits per heavy atom. The van der Waals surface area contributed by atoms with E-state index in [-0.39, 0.29) is 24.5 Å². The van der Waals surface area contributed by atoms with Gasteiger partial charge in [-0.05, 0) is 25.0 Å². The summed E-state index contributed by atoms with van der Waals surface area (Å²) in [5, 5.41) is 8.95. The molecule has 0 spiro atoms. The average Bonchev–Trinajstić information content (AvgIpc) is 2.93. The molecule has 2 aliphatic rings. The van der Waals surface area contributed by atoms with Crippen LogP contribution in [0.4, 0.5) is 0 Å². The number of hydrogen-bond acceptors (Lipinski definition) is 4. The molecule has 5 atom stereocenters. The van der Waals surface area contributed by atoms with Crippen molar-refractivity contribution in [1.29, 1.82) is 0 Å². The number of ether oxygens (including phenoxy) is 1. The van der Waals surface area contributed by atoms with E-state index in [4.69, 9.17) is 9.84 Å². The van der Waals surface area contributed by atoms with Gasteiger partial charge in [0.2, 0.25) is 0 Å². The number of fused-ring (bicyclic) bond motifs is 2. The van der Waals surface area contributed by atoms with Crippen molar-refractivity contribution in [2.75, 3.05) is 5.75 Å². The van der Waals surface area contributed by atoms with Crippen LogP contribution in [0.25, 0.3) is 0 Å². The molecule has 2 fully saturated rings. The highest BCUT2D eigenvalue weighted by Crippen LogP contribution is 2.46. The van der Waals surface area contributed by atoms with E-state index < -0.39 is 5.97 Å². The molecule has 0 aromatic rings. The van der Waals surface area contributed by atoms with Gasteiger partial charge in [0.05, 0.1) is 12.2 Å². The van der Waals surface area contributed by atoms with Gasteiger partial charge >= 0.3 is 5.97 Å². The zero-order valence-corrected chi connectivity index (χ0v) is 11.4. The molecule has 2 saturated heterocycles. The Labute approximate surface area is 111 Å². The van der Waals surface area contributed by atoms with E-state index in [9.17, 15) is 9.59 Å². The number of aldehydes is 1. The van der Waals surface area contributed by atoms with Gasteiger partial charge in [0.1, 0.15) is 6.29 Å². The zero-order chi connectivity index (χ0) is 13.1. The van der Waals surface area contributed by atoms with Crippen molar-refractivity contribution in [3.8, 4) is 0 Å². The minimum atomic E-state index is -0.739. The number of carbonyl (C=O) groups is 2. The van der Waals surface area contributed by atoms with Gasteiger partial charge in [-0.1, -0.05) is 6.92 Å². The van der Waals surface area contributed by atoms with Crippen molar-refractivity contribution in [1.82, 2.24) is 0 Å². The van der Waals surface area contributed by atoms with E-state index in [1.807, 2.05) is 0 Å². The minimum absolute atomic E-state index is 0.0470. The van der Waals surface area contributed by atoms with Crippen LogP contribution in [0.15, 0.2) is 0 Å². The molecule has 2 rings (SSSR count). The first kappa shape index (κ1) is 13.9. The minimum Gasteiger partial charge on any atom is -0.481 e. The van der Waals surface area contributed by atoms with E-state index in [1.165, 1.54) is 0 Å². The van der Waals surface area contributed by atoms with Gasteiger partial charge in [-0.25, -0.2) is 0 Å². The first-order valence-electron chi connectivity index (χ1n) is 6.57. The van der Waals surface area contributed by atoms with Crippen molar-refractivity contribution in [2.45, 2.75) is 50.1 Å². The summed E-state index contributed by atoms with van der Waals surface area (Å²) >= 11 is 1.77. The van der Waals surface area contributed by atoms with Crippen molar-refractivity contribution in [3.63, 3.8) is 0 Å². The first-order chi connectivity index (χ1) is 8.63. The highest BCUT2D eigenvalue weighted by atomic mass is 32.2. The van der Waals surface area contributed by atoms with E-state index in [2.05, 4.69) is 6.92 Å². The van der Waals surface area contributed by atoms with Crippen LogP contribution in [0.5, 0.6) is 0 Å². The van der Waals surface area contributed by atoms with Crippen LogP contribution in [0.3, 0.4) is 0 Å². The number of rotatable bonds is 7. The highest BCUT2D eigenvalue weighted by molar-refractivity contribution is 7.99. The lowest BCUT2D eigenvalue weighted by Crippen LogP contribution is -2.34. The summed E-state index contributed by atoms with van der Waals surface area (Å²) in [4.78, 5) is 21.6. The van der Waals surface area contributed by atoms with Gasteiger partial charge < -0.3 is 14.6 Å². The number of aliphatic carboxylic acids is 1. The fourth-order valence-electron chi connectivity index (χ4n) is 3.15. The molecular weight excluding hydrogens is 252 g/mol. The van der Waals surface area contributed by atoms with E-state index in [0.29, 0.717) is 17.6 Å². The van der Waals surface area contributed by atoms with Crippen molar-refractivity contribution in [3.05, 3.63) is 0 Å². The Hall–Kier alpha value is -0.550. The summed E-state index contributed by atoms with van der Waals surface area (Å²) in [6, 6.07) is 0. The van der Waals surface area contributed by atoms with Crippen LogP contribution in [-0.4, -0.2) is 40.6 Å². The maximum Gasteiger partial charge on any atom is 0.303 e. The van der Waals surface area contributed by atoms with Crippen LogP contribution >= 0.6 is 11.8 Å². The molecule has 102 valence electrons. The lowest BCUT2D eigenvalue weighted by atomic mass is 9.78.